The molecular weight excluding hydrogens is 261 g/mol. The number of aryl methyl sites for hydroxylation is 1. The molecule has 2 rings (SSSR count). The van der Waals surface area contributed by atoms with Crippen LogP contribution < -0.4 is 5.32 Å². The van der Waals surface area contributed by atoms with E-state index in [1.165, 1.54) is 19.2 Å². The van der Waals surface area contributed by atoms with Crippen LogP contribution in [0.15, 0.2) is 18.2 Å². The van der Waals surface area contributed by atoms with E-state index in [1.807, 2.05) is 0 Å². The topological polar surface area (TPSA) is 55.4 Å². The maximum absolute atomic E-state index is 13.2. The fourth-order valence-electron chi connectivity index (χ4n) is 2.48. The SMILES string of the molecule is COC(=O)CCCC(=O)NC1CCc2ccc(F)cc21. The third-order valence-electron chi connectivity index (χ3n) is 3.53. The van der Waals surface area contributed by atoms with Crippen LogP contribution in [0.5, 0.6) is 0 Å². The minimum absolute atomic E-state index is 0.115. The number of rotatable bonds is 5. The molecule has 0 bridgehead atoms. The molecule has 0 fully saturated rings. The molecule has 108 valence electrons. The minimum atomic E-state index is -0.314. The van der Waals surface area contributed by atoms with Crippen LogP contribution in [0.3, 0.4) is 0 Å². The van der Waals surface area contributed by atoms with Gasteiger partial charge < -0.3 is 10.1 Å². The highest BCUT2D eigenvalue weighted by Crippen LogP contribution is 2.31. The van der Waals surface area contributed by atoms with Crippen LogP contribution in [0.1, 0.15) is 42.9 Å². The van der Waals surface area contributed by atoms with Crippen molar-refractivity contribution >= 4 is 11.9 Å². The molecule has 0 spiro atoms. The third kappa shape index (κ3) is 3.56. The lowest BCUT2D eigenvalue weighted by Gasteiger charge is -2.14. The number of esters is 1. The molecule has 1 unspecified atom stereocenters. The first kappa shape index (κ1) is 14.5. The number of carbonyl (C=O) groups is 2. The number of halogens is 1. The van der Waals surface area contributed by atoms with Crippen molar-refractivity contribution < 1.29 is 18.7 Å². The molecular formula is C15H18FNO3. The Kier molecular flexibility index (Phi) is 4.71. The van der Waals surface area contributed by atoms with Crippen LogP contribution in [0, 0.1) is 5.82 Å². The van der Waals surface area contributed by atoms with Gasteiger partial charge in [0.05, 0.1) is 13.2 Å². The summed E-state index contributed by atoms with van der Waals surface area (Å²) in [5.74, 6) is -0.710. The number of hydrogen-bond donors (Lipinski definition) is 1. The van der Waals surface area contributed by atoms with E-state index in [1.54, 1.807) is 6.07 Å². The van der Waals surface area contributed by atoms with E-state index < -0.39 is 0 Å². The van der Waals surface area contributed by atoms with Crippen molar-refractivity contribution in [2.45, 2.75) is 38.1 Å². The number of nitrogens with one attached hydrogen (secondary N) is 1. The van der Waals surface area contributed by atoms with Gasteiger partial charge in [-0.1, -0.05) is 6.07 Å². The Hall–Kier alpha value is -1.91. The number of methoxy groups -OCH3 is 1. The van der Waals surface area contributed by atoms with Gasteiger partial charge in [0.15, 0.2) is 0 Å². The first-order valence-corrected chi connectivity index (χ1v) is 6.74. The molecule has 4 nitrogen and oxygen atoms in total. The molecule has 0 aromatic heterocycles. The number of benzene rings is 1. The molecule has 1 aromatic rings. The van der Waals surface area contributed by atoms with Crippen molar-refractivity contribution in [2.24, 2.45) is 0 Å². The van der Waals surface area contributed by atoms with E-state index in [2.05, 4.69) is 10.1 Å². The molecule has 0 saturated carbocycles. The number of amides is 1. The Balaban J connectivity index is 1.85. The van der Waals surface area contributed by atoms with Crippen molar-refractivity contribution in [3.05, 3.63) is 35.1 Å². The lowest BCUT2D eigenvalue weighted by Crippen LogP contribution is -2.27. The van der Waals surface area contributed by atoms with Gasteiger partial charge in [-0.15, -0.1) is 0 Å². The van der Waals surface area contributed by atoms with Gasteiger partial charge in [-0.25, -0.2) is 4.39 Å². The second-order valence-corrected chi connectivity index (χ2v) is 4.93. The quantitative estimate of drug-likeness (QED) is 0.841. The highest BCUT2D eigenvalue weighted by molar-refractivity contribution is 5.77. The van der Waals surface area contributed by atoms with Gasteiger partial charge in [-0.05, 0) is 42.5 Å². The molecule has 1 amide bonds. The zero-order chi connectivity index (χ0) is 14.5. The van der Waals surface area contributed by atoms with Gasteiger partial charge in [-0.2, -0.15) is 0 Å². The van der Waals surface area contributed by atoms with E-state index in [0.29, 0.717) is 6.42 Å². The Morgan fingerprint density at radius 1 is 1.40 bits per heavy atom. The van der Waals surface area contributed by atoms with E-state index >= 15 is 0 Å². The minimum Gasteiger partial charge on any atom is -0.469 e. The van der Waals surface area contributed by atoms with E-state index in [0.717, 1.165) is 24.0 Å². The average molecular weight is 279 g/mol. The number of carbonyl (C=O) groups excluding carboxylic acids is 2. The van der Waals surface area contributed by atoms with Gasteiger partial charge in [-0.3, -0.25) is 9.59 Å². The van der Waals surface area contributed by atoms with E-state index in [9.17, 15) is 14.0 Å². The smallest absolute Gasteiger partial charge is 0.305 e. The summed E-state index contributed by atoms with van der Waals surface area (Å²) >= 11 is 0. The molecule has 0 saturated heterocycles. The van der Waals surface area contributed by atoms with Crippen LogP contribution in [-0.2, 0) is 20.7 Å². The van der Waals surface area contributed by atoms with E-state index in [-0.39, 0.29) is 36.6 Å². The second-order valence-electron chi connectivity index (χ2n) is 4.93. The summed E-state index contributed by atoms with van der Waals surface area (Å²) in [5, 5.41) is 2.90. The first-order valence-electron chi connectivity index (χ1n) is 6.74. The second kappa shape index (κ2) is 6.50. The van der Waals surface area contributed by atoms with Crippen molar-refractivity contribution in [1.29, 1.82) is 0 Å². The molecule has 1 atom stereocenters. The van der Waals surface area contributed by atoms with Crippen LogP contribution >= 0.6 is 0 Å². The molecule has 1 N–H and O–H groups in total. The molecule has 20 heavy (non-hydrogen) atoms. The molecule has 1 aliphatic rings. The predicted octanol–water partition coefficient (Wildman–Crippen LogP) is 2.27. The molecule has 1 aliphatic carbocycles. The number of hydrogen-bond acceptors (Lipinski definition) is 3. The van der Waals surface area contributed by atoms with Gasteiger partial charge in [0.25, 0.3) is 0 Å². The molecule has 0 radical (unpaired) electrons. The van der Waals surface area contributed by atoms with Gasteiger partial charge in [0.2, 0.25) is 5.91 Å². The molecule has 5 heteroatoms. The van der Waals surface area contributed by atoms with Crippen molar-refractivity contribution in [3.63, 3.8) is 0 Å². The van der Waals surface area contributed by atoms with Gasteiger partial charge in [0.1, 0.15) is 5.82 Å². The summed E-state index contributed by atoms with van der Waals surface area (Å²) in [6.45, 7) is 0. The van der Waals surface area contributed by atoms with Gasteiger partial charge in [0, 0.05) is 12.8 Å². The Morgan fingerprint density at radius 2 is 2.20 bits per heavy atom. The summed E-state index contributed by atoms with van der Waals surface area (Å²) in [7, 11) is 1.33. The Bertz CT molecular complexity index is 516. The van der Waals surface area contributed by atoms with Gasteiger partial charge >= 0.3 is 5.97 Å². The largest absolute Gasteiger partial charge is 0.469 e. The zero-order valence-electron chi connectivity index (χ0n) is 11.4. The Labute approximate surface area is 117 Å². The molecule has 1 aromatic carbocycles. The summed E-state index contributed by atoms with van der Waals surface area (Å²) in [6.07, 6.45) is 2.61. The molecule has 0 heterocycles. The van der Waals surface area contributed by atoms with E-state index in [4.69, 9.17) is 0 Å². The highest BCUT2D eigenvalue weighted by Gasteiger charge is 2.24. The monoisotopic (exact) mass is 279 g/mol. The van der Waals surface area contributed by atoms with Crippen LogP contribution in [0.25, 0.3) is 0 Å². The summed E-state index contributed by atoms with van der Waals surface area (Å²) in [5.41, 5.74) is 1.96. The van der Waals surface area contributed by atoms with Crippen LogP contribution in [-0.4, -0.2) is 19.0 Å². The summed E-state index contributed by atoms with van der Waals surface area (Å²) < 4.78 is 17.8. The maximum Gasteiger partial charge on any atom is 0.305 e. The third-order valence-corrected chi connectivity index (χ3v) is 3.53. The predicted molar refractivity (Wildman–Crippen MR) is 71.5 cm³/mol. The first-order chi connectivity index (χ1) is 9.60. The summed E-state index contributed by atoms with van der Waals surface area (Å²) in [6, 6.07) is 4.58. The fourth-order valence-corrected chi connectivity index (χ4v) is 2.48. The highest BCUT2D eigenvalue weighted by atomic mass is 19.1. The van der Waals surface area contributed by atoms with Crippen LogP contribution in [0.2, 0.25) is 0 Å². The Morgan fingerprint density at radius 3 is 2.95 bits per heavy atom. The average Bonchev–Trinajstić information content (AvgIpc) is 2.81. The summed E-state index contributed by atoms with van der Waals surface area (Å²) in [4.78, 5) is 22.7. The van der Waals surface area contributed by atoms with Crippen molar-refractivity contribution in [2.75, 3.05) is 7.11 Å². The normalized spacial score (nSPS) is 16.6. The number of ether oxygens (including phenoxy) is 1. The van der Waals surface area contributed by atoms with Crippen molar-refractivity contribution in [1.82, 2.24) is 5.32 Å². The van der Waals surface area contributed by atoms with Crippen LogP contribution in [0.4, 0.5) is 4.39 Å². The number of fused-ring (bicyclic) bond motifs is 1. The van der Waals surface area contributed by atoms with Crippen molar-refractivity contribution in [3.8, 4) is 0 Å². The lowest BCUT2D eigenvalue weighted by molar-refractivity contribution is -0.140. The standard InChI is InChI=1S/C15H18FNO3/c1-20-15(19)4-2-3-14(18)17-13-8-6-10-5-7-11(16)9-12(10)13/h5,7,9,13H,2-4,6,8H2,1H3,(H,17,18). The fraction of sp³-hybridized carbons (Fsp3) is 0.467. The maximum atomic E-state index is 13.2. The molecule has 0 aliphatic heterocycles. The zero-order valence-corrected chi connectivity index (χ0v) is 11.4. The lowest BCUT2D eigenvalue weighted by atomic mass is 10.1.